The van der Waals surface area contributed by atoms with Crippen LogP contribution in [-0.4, -0.2) is 18.7 Å². The van der Waals surface area contributed by atoms with Crippen molar-refractivity contribution in [2.75, 3.05) is 6.61 Å². The number of hydrogen-bond donors (Lipinski definition) is 1. The third kappa shape index (κ3) is 7.45. The van der Waals surface area contributed by atoms with E-state index in [0.29, 0.717) is 34.7 Å². The van der Waals surface area contributed by atoms with E-state index in [0.717, 1.165) is 21.2 Å². The van der Waals surface area contributed by atoms with Crippen LogP contribution in [0.4, 0.5) is 0 Å². The van der Waals surface area contributed by atoms with Crippen LogP contribution in [0.2, 0.25) is 0 Å². The summed E-state index contributed by atoms with van der Waals surface area (Å²) in [7, 11) is 0. The highest BCUT2D eigenvalue weighted by Crippen LogP contribution is 2.37. The zero-order chi connectivity index (χ0) is 23.6. The number of hydrogen-bond acceptors (Lipinski definition) is 5. The van der Waals surface area contributed by atoms with E-state index in [4.69, 9.17) is 14.7 Å². The molecule has 33 heavy (non-hydrogen) atoms. The predicted molar refractivity (Wildman–Crippen MR) is 134 cm³/mol. The first-order chi connectivity index (χ1) is 16.0. The molecule has 0 saturated carbocycles. The molecular formula is C25H21Br2N3O3. The molecule has 8 heteroatoms. The third-order valence-corrected chi connectivity index (χ3v) is 5.60. The van der Waals surface area contributed by atoms with Crippen molar-refractivity contribution < 1.29 is 14.3 Å². The maximum atomic E-state index is 12.1. The normalized spacial score (nSPS) is 10.6. The SMILES string of the molecule is CCOc1cc(/C=N/NC(=O)Cc2ccc(Br)cc2)cc(Br)c1OCc1ccc(C#N)cc1. The Morgan fingerprint density at radius 3 is 2.42 bits per heavy atom. The fourth-order valence-electron chi connectivity index (χ4n) is 2.90. The van der Waals surface area contributed by atoms with E-state index in [-0.39, 0.29) is 12.3 Å². The number of carbonyl (C=O) groups excluding carboxylic acids is 1. The van der Waals surface area contributed by atoms with E-state index in [1.54, 1.807) is 24.4 Å². The van der Waals surface area contributed by atoms with Gasteiger partial charge in [0.1, 0.15) is 6.61 Å². The van der Waals surface area contributed by atoms with Crippen LogP contribution in [0.3, 0.4) is 0 Å². The highest BCUT2D eigenvalue weighted by molar-refractivity contribution is 9.10. The molecule has 3 aromatic carbocycles. The molecule has 0 atom stereocenters. The number of nitrogens with one attached hydrogen (secondary N) is 1. The second-order valence-electron chi connectivity index (χ2n) is 6.96. The van der Waals surface area contributed by atoms with Crippen molar-refractivity contribution in [2.24, 2.45) is 5.10 Å². The summed E-state index contributed by atoms with van der Waals surface area (Å²) in [5.41, 5.74) is 5.71. The number of carbonyl (C=O) groups is 1. The van der Waals surface area contributed by atoms with Crippen LogP contribution < -0.4 is 14.9 Å². The molecule has 0 aliphatic carbocycles. The maximum absolute atomic E-state index is 12.1. The van der Waals surface area contributed by atoms with Crippen molar-refractivity contribution in [2.45, 2.75) is 20.0 Å². The summed E-state index contributed by atoms with van der Waals surface area (Å²) in [5.74, 6) is 0.917. The van der Waals surface area contributed by atoms with Gasteiger partial charge in [0, 0.05) is 4.47 Å². The first-order valence-electron chi connectivity index (χ1n) is 10.1. The van der Waals surface area contributed by atoms with Crippen molar-refractivity contribution in [1.82, 2.24) is 5.43 Å². The fraction of sp³-hybridized carbons (Fsp3) is 0.160. The molecule has 0 aromatic heterocycles. The van der Waals surface area contributed by atoms with Gasteiger partial charge in [0.05, 0.1) is 35.3 Å². The molecule has 0 aliphatic rings. The van der Waals surface area contributed by atoms with Crippen molar-refractivity contribution in [3.8, 4) is 17.6 Å². The summed E-state index contributed by atoms with van der Waals surface area (Å²) in [6, 6.07) is 20.5. The molecule has 1 N–H and O–H groups in total. The smallest absolute Gasteiger partial charge is 0.244 e. The first-order valence-corrected chi connectivity index (χ1v) is 11.7. The van der Waals surface area contributed by atoms with E-state index >= 15 is 0 Å². The summed E-state index contributed by atoms with van der Waals surface area (Å²) in [6.45, 7) is 2.68. The minimum atomic E-state index is -0.208. The standard InChI is InChI=1S/C25H21Br2N3O3/c1-2-32-23-12-20(15-29-30-24(31)13-17-7-9-21(26)10-8-17)11-22(27)25(23)33-16-19-5-3-18(14-28)4-6-19/h3-12,15H,2,13,16H2,1H3,(H,30,31)/b29-15+. The van der Waals surface area contributed by atoms with Gasteiger partial charge in [-0.15, -0.1) is 0 Å². The number of halogens is 2. The number of nitrogens with zero attached hydrogens (tertiary/aromatic N) is 2. The molecular weight excluding hydrogens is 550 g/mol. The lowest BCUT2D eigenvalue weighted by Crippen LogP contribution is -2.19. The van der Waals surface area contributed by atoms with Gasteiger partial charge in [-0.3, -0.25) is 4.79 Å². The van der Waals surface area contributed by atoms with Gasteiger partial charge in [-0.25, -0.2) is 5.43 Å². The van der Waals surface area contributed by atoms with Gasteiger partial charge in [-0.1, -0.05) is 40.2 Å². The molecule has 0 radical (unpaired) electrons. The molecule has 0 fully saturated rings. The van der Waals surface area contributed by atoms with Crippen LogP contribution in [0.1, 0.15) is 29.2 Å². The summed E-state index contributed by atoms with van der Waals surface area (Å²) >= 11 is 6.91. The number of rotatable bonds is 9. The molecule has 0 aliphatic heterocycles. The lowest BCUT2D eigenvalue weighted by Gasteiger charge is -2.14. The molecule has 0 saturated heterocycles. The molecule has 0 heterocycles. The summed E-state index contributed by atoms with van der Waals surface area (Å²) in [6.07, 6.45) is 1.79. The molecule has 0 spiro atoms. The Balaban J connectivity index is 1.65. The maximum Gasteiger partial charge on any atom is 0.244 e. The van der Waals surface area contributed by atoms with Crippen LogP contribution in [-0.2, 0) is 17.8 Å². The Morgan fingerprint density at radius 1 is 1.06 bits per heavy atom. The number of nitriles is 1. The second kappa shape index (κ2) is 12.2. The van der Waals surface area contributed by atoms with E-state index in [1.165, 1.54) is 0 Å². The Kier molecular flexibility index (Phi) is 9.04. The second-order valence-corrected chi connectivity index (χ2v) is 8.73. The number of ether oxygens (including phenoxy) is 2. The summed E-state index contributed by atoms with van der Waals surface area (Å²) in [4.78, 5) is 12.1. The molecule has 3 aromatic rings. The topological polar surface area (TPSA) is 83.7 Å². The Morgan fingerprint density at radius 2 is 1.76 bits per heavy atom. The average molecular weight is 571 g/mol. The molecule has 0 bridgehead atoms. The Labute approximate surface area is 209 Å². The fourth-order valence-corrected chi connectivity index (χ4v) is 3.74. The van der Waals surface area contributed by atoms with Gasteiger partial charge in [-0.2, -0.15) is 10.4 Å². The minimum Gasteiger partial charge on any atom is -0.490 e. The number of benzene rings is 3. The van der Waals surface area contributed by atoms with Gasteiger partial charge < -0.3 is 9.47 Å². The lowest BCUT2D eigenvalue weighted by molar-refractivity contribution is -0.120. The number of hydrazone groups is 1. The molecule has 6 nitrogen and oxygen atoms in total. The van der Waals surface area contributed by atoms with Crippen molar-refractivity contribution in [3.63, 3.8) is 0 Å². The lowest BCUT2D eigenvalue weighted by atomic mass is 10.1. The van der Waals surface area contributed by atoms with Crippen molar-refractivity contribution >= 4 is 44.0 Å². The van der Waals surface area contributed by atoms with Gasteiger partial charge >= 0.3 is 0 Å². The van der Waals surface area contributed by atoms with Gasteiger partial charge in [0.15, 0.2) is 11.5 Å². The average Bonchev–Trinajstić information content (AvgIpc) is 2.80. The van der Waals surface area contributed by atoms with Gasteiger partial charge in [0.2, 0.25) is 5.91 Å². The van der Waals surface area contributed by atoms with Crippen LogP contribution in [0, 0.1) is 11.3 Å². The number of amides is 1. The van der Waals surface area contributed by atoms with E-state index in [2.05, 4.69) is 48.5 Å². The van der Waals surface area contributed by atoms with E-state index in [9.17, 15) is 4.79 Å². The van der Waals surface area contributed by atoms with Crippen molar-refractivity contribution in [3.05, 3.63) is 91.9 Å². The zero-order valence-corrected chi connectivity index (χ0v) is 21.0. The van der Waals surface area contributed by atoms with E-state index in [1.807, 2.05) is 49.4 Å². The highest BCUT2D eigenvalue weighted by Gasteiger charge is 2.12. The van der Waals surface area contributed by atoms with Crippen LogP contribution in [0.25, 0.3) is 0 Å². The molecule has 0 unspecified atom stereocenters. The Bertz CT molecular complexity index is 1170. The largest absolute Gasteiger partial charge is 0.490 e. The van der Waals surface area contributed by atoms with Gasteiger partial charge in [0.25, 0.3) is 0 Å². The minimum absolute atomic E-state index is 0.208. The molecule has 168 valence electrons. The monoisotopic (exact) mass is 569 g/mol. The Hall–Kier alpha value is -3.15. The molecule has 1 amide bonds. The van der Waals surface area contributed by atoms with Crippen molar-refractivity contribution in [1.29, 1.82) is 5.26 Å². The first kappa shape index (κ1) is 24.5. The summed E-state index contributed by atoms with van der Waals surface area (Å²) < 4.78 is 13.4. The molecule has 3 rings (SSSR count). The zero-order valence-electron chi connectivity index (χ0n) is 17.8. The highest BCUT2D eigenvalue weighted by atomic mass is 79.9. The van der Waals surface area contributed by atoms with E-state index < -0.39 is 0 Å². The van der Waals surface area contributed by atoms with Crippen LogP contribution in [0.15, 0.2) is 74.7 Å². The quantitative estimate of drug-likeness (QED) is 0.262. The van der Waals surface area contributed by atoms with Gasteiger partial charge in [-0.05, 0) is 75.9 Å². The third-order valence-electron chi connectivity index (χ3n) is 4.48. The van der Waals surface area contributed by atoms with Crippen LogP contribution >= 0.6 is 31.9 Å². The summed E-state index contributed by atoms with van der Waals surface area (Å²) in [5, 5.41) is 13.0. The predicted octanol–water partition coefficient (Wildman–Crippen LogP) is 5.75. The van der Waals surface area contributed by atoms with Crippen LogP contribution in [0.5, 0.6) is 11.5 Å².